The topological polar surface area (TPSA) is 43.4 Å². The van der Waals surface area contributed by atoms with Crippen molar-refractivity contribution < 1.29 is 13.6 Å². The molecule has 2 heterocycles. The van der Waals surface area contributed by atoms with Crippen LogP contribution in [0.3, 0.4) is 0 Å². The molecule has 0 N–H and O–H groups in total. The lowest BCUT2D eigenvalue weighted by molar-refractivity contribution is 0.109. The molecule has 0 saturated carbocycles. The van der Waals surface area contributed by atoms with E-state index in [1.54, 1.807) is 25.3 Å². The molecular formula is C10H8O3. The maximum Gasteiger partial charge on any atom is 0.185 e. The number of carbonyl (C=O) groups excluding carboxylic acids is 1. The molecule has 2 rings (SSSR count). The van der Waals surface area contributed by atoms with Crippen molar-refractivity contribution in [3.8, 4) is 11.3 Å². The molecule has 0 spiro atoms. The summed E-state index contributed by atoms with van der Waals surface area (Å²) in [5, 5.41) is 0. The van der Waals surface area contributed by atoms with Crippen molar-refractivity contribution in [2.45, 2.75) is 6.92 Å². The Bertz CT molecular complexity index is 409. The predicted octanol–water partition coefficient (Wildman–Crippen LogP) is 2.66. The molecule has 0 aromatic carbocycles. The van der Waals surface area contributed by atoms with Crippen LogP contribution in [0, 0.1) is 6.92 Å². The molecular weight excluding hydrogens is 168 g/mol. The van der Waals surface area contributed by atoms with Crippen molar-refractivity contribution in [3.63, 3.8) is 0 Å². The quantitative estimate of drug-likeness (QED) is 0.660. The molecule has 0 amide bonds. The van der Waals surface area contributed by atoms with Gasteiger partial charge in [0.1, 0.15) is 11.5 Å². The van der Waals surface area contributed by atoms with Gasteiger partial charge in [-0.2, -0.15) is 0 Å². The van der Waals surface area contributed by atoms with Gasteiger partial charge in [0, 0.05) is 0 Å². The highest BCUT2D eigenvalue weighted by Gasteiger charge is 2.10. The minimum absolute atomic E-state index is 0.323. The Labute approximate surface area is 75.0 Å². The van der Waals surface area contributed by atoms with Gasteiger partial charge >= 0.3 is 0 Å². The van der Waals surface area contributed by atoms with Crippen molar-refractivity contribution in [1.29, 1.82) is 0 Å². The Morgan fingerprint density at radius 3 is 2.85 bits per heavy atom. The lowest BCUT2D eigenvalue weighted by atomic mass is 10.2. The first kappa shape index (κ1) is 7.86. The van der Waals surface area contributed by atoms with Crippen LogP contribution in [0.2, 0.25) is 0 Å². The van der Waals surface area contributed by atoms with Crippen LogP contribution < -0.4 is 0 Å². The number of hydrogen-bond acceptors (Lipinski definition) is 3. The van der Waals surface area contributed by atoms with E-state index in [1.807, 2.05) is 6.07 Å². The van der Waals surface area contributed by atoms with Gasteiger partial charge in [-0.25, -0.2) is 0 Å². The van der Waals surface area contributed by atoms with E-state index in [9.17, 15) is 4.79 Å². The summed E-state index contributed by atoms with van der Waals surface area (Å²) < 4.78 is 10.3. The molecule has 0 fully saturated rings. The third kappa shape index (κ3) is 1.28. The molecule has 0 unspecified atom stereocenters. The van der Waals surface area contributed by atoms with E-state index in [1.165, 1.54) is 0 Å². The molecule has 0 aliphatic heterocycles. The first-order valence-corrected chi connectivity index (χ1v) is 3.91. The Morgan fingerprint density at radius 2 is 2.31 bits per heavy atom. The number of carbonyl (C=O) groups is 1. The molecule has 0 aliphatic rings. The zero-order valence-electron chi connectivity index (χ0n) is 7.11. The fourth-order valence-electron chi connectivity index (χ4n) is 1.24. The van der Waals surface area contributed by atoms with Crippen LogP contribution in [0.1, 0.15) is 16.3 Å². The van der Waals surface area contributed by atoms with Crippen molar-refractivity contribution in [2.24, 2.45) is 0 Å². The molecule has 2 aromatic heterocycles. The van der Waals surface area contributed by atoms with E-state index in [-0.39, 0.29) is 0 Å². The number of hydrogen-bond donors (Lipinski definition) is 0. The van der Waals surface area contributed by atoms with Crippen LogP contribution in [0.15, 0.2) is 33.3 Å². The predicted molar refractivity (Wildman–Crippen MR) is 46.5 cm³/mol. The second kappa shape index (κ2) is 2.94. The zero-order valence-corrected chi connectivity index (χ0v) is 7.11. The van der Waals surface area contributed by atoms with E-state index in [2.05, 4.69) is 0 Å². The van der Waals surface area contributed by atoms with Crippen molar-refractivity contribution in [2.75, 3.05) is 0 Å². The summed E-state index contributed by atoms with van der Waals surface area (Å²) in [7, 11) is 0. The summed E-state index contributed by atoms with van der Waals surface area (Å²) in [5.41, 5.74) is 0.826. The standard InChI is InChI=1S/C10H8O3/c1-7-9(5-8(6-11)13-7)10-3-2-4-12-10/h2-6H,1H3. The molecule has 13 heavy (non-hydrogen) atoms. The zero-order chi connectivity index (χ0) is 9.26. The summed E-state index contributed by atoms with van der Waals surface area (Å²) in [6.45, 7) is 1.80. The summed E-state index contributed by atoms with van der Waals surface area (Å²) in [5.74, 6) is 1.73. The second-order valence-electron chi connectivity index (χ2n) is 2.71. The van der Waals surface area contributed by atoms with Gasteiger partial charge in [-0.3, -0.25) is 4.79 Å². The van der Waals surface area contributed by atoms with Crippen LogP contribution in [0.5, 0.6) is 0 Å². The monoisotopic (exact) mass is 176 g/mol. The molecule has 0 bridgehead atoms. The summed E-state index contributed by atoms with van der Waals surface area (Å²) in [6, 6.07) is 5.29. The number of aryl methyl sites for hydroxylation is 1. The van der Waals surface area contributed by atoms with Crippen molar-refractivity contribution in [3.05, 3.63) is 36.0 Å². The molecule has 3 heteroatoms. The summed E-state index contributed by atoms with van der Waals surface area (Å²) >= 11 is 0. The number of furan rings is 2. The van der Waals surface area contributed by atoms with Gasteiger partial charge < -0.3 is 8.83 Å². The highest BCUT2D eigenvalue weighted by atomic mass is 16.4. The average Bonchev–Trinajstić information content (AvgIpc) is 2.72. The average molecular weight is 176 g/mol. The Hall–Kier alpha value is -1.77. The Kier molecular flexibility index (Phi) is 1.77. The maximum absolute atomic E-state index is 10.4. The molecule has 3 nitrogen and oxygen atoms in total. The van der Waals surface area contributed by atoms with Crippen molar-refractivity contribution >= 4 is 6.29 Å². The highest BCUT2D eigenvalue weighted by Crippen LogP contribution is 2.26. The fourth-order valence-corrected chi connectivity index (χ4v) is 1.24. The molecule has 0 saturated heterocycles. The third-order valence-electron chi connectivity index (χ3n) is 1.84. The van der Waals surface area contributed by atoms with E-state index in [0.29, 0.717) is 23.6 Å². The van der Waals surface area contributed by atoms with Crippen LogP contribution in [-0.4, -0.2) is 6.29 Å². The van der Waals surface area contributed by atoms with Gasteiger partial charge in [0.25, 0.3) is 0 Å². The minimum atomic E-state index is 0.323. The van der Waals surface area contributed by atoms with E-state index < -0.39 is 0 Å². The largest absolute Gasteiger partial charge is 0.464 e. The maximum atomic E-state index is 10.4. The summed E-state index contributed by atoms with van der Waals surface area (Å²) in [6.07, 6.45) is 2.27. The van der Waals surface area contributed by atoms with Gasteiger partial charge in [-0.15, -0.1) is 0 Å². The fraction of sp³-hybridized carbons (Fsp3) is 0.100. The van der Waals surface area contributed by atoms with Crippen molar-refractivity contribution in [1.82, 2.24) is 0 Å². The van der Waals surface area contributed by atoms with E-state index >= 15 is 0 Å². The van der Waals surface area contributed by atoms with Gasteiger partial charge in [0.15, 0.2) is 12.0 Å². The molecule has 2 aromatic rings. The first-order chi connectivity index (χ1) is 6.31. The number of rotatable bonds is 2. The third-order valence-corrected chi connectivity index (χ3v) is 1.84. The van der Waals surface area contributed by atoms with Gasteiger partial charge in [-0.1, -0.05) is 0 Å². The smallest absolute Gasteiger partial charge is 0.185 e. The van der Waals surface area contributed by atoms with E-state index in [4.69, 9.17) is 8.83 Å². The first-order valence-electron chi connectivity index (χ1n) is 3.91. The lowest BCUT2D eigenvalue weighted by Crippen LogP contribution is -1.70. The molecule has 0 radical (unpaired) electrons. The van der Waals surface area contributed by atoms with Gasteiger partial charge in [-0.05, 0) is 25.1 Å². The number of aldehydes is 1. The Morgan fingerprint density at radius 1 is 1.46 bits per heavy atom. The lowest BCUT2D eigenvalue weighted by Gasteiger charge is -1.89. The normalized spacial score (nSPS) is 10.2. The van der Waals surface area contributed by atoms with E-state index in [0.717, 1.165) is 5.56 Å². The van der Waals surface area contributed by atoms with Crippen LogP contribution >= 0.6 is 0 Å². The minimum Gasteiger partial charge on any atom is -0.464 e. The second-order valence-corrected chi connectivity index (χ2v) is 2.71. The molecule has 66 valence electrons. The molecule has 0 aliphatic carbocycles. The summed E-state index contributed by atoms with van der Waals surface area (Å²) in [4.78, 5) is 10.4. The molecule has 0 atom stereocenters. The van der Waals surface area contributed by atoms with Crippen LogP contribution in [0.25, 0.3) is 11.3 Å². The Balaban J connectivity index is 2.52. The van der Waals surface area contributed by atoms with Crippen LogP contribution in [0.4, 0.5) is 0 Å². The van der Waals surface area contributed by atoms with Crippen LogP contribution in [-0.2, 0) is 0 Å². The van der Waals surface area contributed by atoms with Gasteiger partial charge in [0.2, 0.25) is 0 Å². The highest BCUT2D eigenvalue weighted by molar-refractivity contribution is 5.75. The van der Waals surface area contributed by atoms with Gasteiger partial charge in [0.05, 0.1) is 11.8 Å². The SMILES string of the molecule is Cc1oc(C=O)cc1-c1ccco1.